The fraction of sp³-hybridized carbons (Fsp3) is 0.519. The van der Waals surface area contributed by atoms with Gasteiger partial charge in [0.05, 0.1) is 11.5 Å². The van der Waals surface area contributed by atoms with Gasteiger partial charge in [0, 0.05) is 13.2 Å². The molecule has 2 aromatic rings. The summed E-state index contributed by atoms with van der Waals surface area (Å²) in [5.41, 5.74) is 3.36. The molecule has 1 saturated heterocycles. The van der Waals surface area contributed by atoms with Gasteiger partial charge in [-0.1, -0.05) is 54.6 Å². The van der Waals surface area contributed by atoms with Crippen molar-refractivity contribution >= 4 is 5.91 Å². The van der Waals surface area contributed by atoms with Crippen molar-refractivity contribution in [1.82, 2.24) is 10.2 Å². The average Bonchev–Trinajstić information content (AvgIpc) is 2.82. The first-order valence-electron chi connectivity index (χ1n) is 11.7. The third-order valence-electron chi connectivity index (χ3n) is 7.36. The quantitative estimate of drug-likeness (QED) is 0.738. The number of ether oxygens (including phenoxy) is 1. The van der Waals surface area contributed by atoms with Crippen LogP contribution in [-0.2, 0) is 16.0 Å². The van der Waals surface area contributed by atoms with Gasteiger partial charge < -0.3 is 15.0 Å². The Morgan fingerprint density at radius 2 is 1.58 bits per heavy atom. The molecule has 1 saturated carbocycles. The second kappa shape index (κ2) is 9.97. The van der Waals surface area contributed by atoms with E-state index in [-0.39, 0.29) is 17.4 Å². The SMILES string of the molecule is COC1CCC(Cc2ccc(-c3ccccc3)cc2)(C(=O)NC2CCN(C)CC2)CC1. The molecule has 4 rings (SSSR count). The third kappa shape index (κ3) is 5.36. The summed E-state index contributed by atoms with van der Waals surface area (Å²) in [5, 5.41) is 3.43. The molecule has 0 radical (unpaired) electrons. The lowest BCUT2D eigenvalue weighted by atomic mass is 9.68. The van der Waals surface area contributed by atoms with Crippen molar-refractivity contribution in [3.63, 3.8) is 0 Å². The van der Waals surface area contributed by atoms with Crippen molar-refractivity contribution in [3.05, 3.63) is 60.2 Å². The van der Waals surface area contributed by atoms with E-state index >= 15 is 0 Å². The number of rotatable bonds is 6. The zero-order chi connectivity index (χ0) is 21.7. The van der Waals surface area contributed by atoms with E-state index in [4.69, 9.17) is 4.74 Å². The predicted molar refractivity (Wildman–Crippen MR) is 126 cm³/mol. The van der Waals surface area contributed by atoms with Crippen molar-refractivity contribution in [2.24, 2.45) is 5.41 Å². The van der Waals surface area contributed by atoms with E-state index in [2.05, 4.69) is 65.8 Å². The Hall–Kier alpha value is -2.17. The number of hydrogen-bond acceptors (Lipinski definition) is 3. The molecule has 2 fully saturated rings. The lowest BCUT2D eigenvalue weighted by Gasteiger charge is -2.40. The maximum atomic E-state index is 13.6. The van der Waals surface area contributed by atoms with Crippen LogP contribution in [0.4, 0.5) is 0 Å². The Balaban J connectivity index is 1.49. The highest BCUT2D eigenvalue weighted by Gasteiger charge is 2.42. The molecule has 1 aliphatic heterocycles. The molecule has 1 N–H and O–H groups in total. The molecule has 1 aliphatic carbocycles. The van der Waals surface area contributed by atoms with Crippen LogP contribution < -0.4 is 5.32 Å². The van der Waals surface area contributed by atoms with Crippen molar-refractivity contribution in [2.75, 3.05) is 27.2 Å². The molecule has 1 amide bonds. The highest BCUT2D eigenvalue weighted by Crippen LogP contribution is 2.41. The number of nitrogens with one attached hydrogen (secondary N) is 1. The zero-order valence-electron chi connectivity index (χ0n) is 19.0. The minimum atomic E-state index is -0.327. The van der Waals surface area contributed by atoms with Gasteiger partial charge in [0.1, 0.15) is 0 Å². The van der Waals surface area contributed by atoms with Crippen LogP contribution in [0, 0.1) is 5.41 Å². The van der Waals surface area contributed by atoms with Gasteiger partial charge in [0.25, 0.3) is 0 Å². The summed E-state index contributed by atoms with van der Waals surface area (Å²) in [7, 11) is 3.95. The minimum Gasteiger partial charge on any atom is -0.381 e. The summed E-state index contributed by atoms with van der Waals surface area (Å²) in [6.45, 7) is 2.12. The van der Waals surface area contributed by atoms with Crippen molar-refractivity contribution < 1.29 is 9.53 Å². The van der Waals surface area contributed by atoms with Crippen LogP contribution in [0.3, 0.4) is 0 Å². The van der Waals surface area contributed by atoms with Gasteiger partial charge in [-0.05, 0) is 81.8 Å². The predicted octanol–water partition coefficient (Wildman–Crippen LogP) is 4.68. The maximum Gasteiger partial charge on any atom is 0.226 e. The fourth-order valence-electron chi connectivity index (χ4n) is 5.19. The van der Waals surface area contributed by atoms with Crippen molar-refractivity contribution in [1.29, 1.82) is 0 Å². The van der Waals surface area contributed by atoms with Gasteiger partial charge in [0.15, 0.2) is 0 Å². The molecule has 0 unspecified atom stereocenters. The topological polar surface area (TPSA) is 41.6 Å². The van der Waals surface area contributed by atoms with Gasteiger partial charge in [-0.3, -0.25) is 4.79 Å². The van der Waals surface area contributed by atoms with E-state index in [1.165, 1.54) is 16.7 Å². The number of carbonyl (C=O) groups excluding carboxylic acids is 1. The second-order valence-electron chi connectivity index (χ2n) is 9.51. The molecule has 1 heterocycles. The lowest BCUT2D eigenvalue weighted by molar-refractivity contribution is -0.135. The highest BCUT2D eigenvalue weighted by atomic mass is 16.5. The maximum absolute atomic E-state index is 13.6. The molecular formula is C27H36N2O2. The summed E-state index contributed by atoms with van der Waals surface area (Å²) in [6, 6.07) is 19.5. The van der Waals surface area contributed by atoms with Crippen LogP contribution in [0.15, 0.2) is 54.6 Å². The van der Waals surface area contributed by atoms with Crippen LogP contribution in [0.2, 0.25) is 0 Å². The third-order valence-corrected chi connectivity index (χ3v) is 7.36. The van der Waals surface area contributed by atoms with E-state index in [0.717, 1.165) is 58.0 Å². The summed E-state index contributed by atoms with van der Waals surface area (Å²) in [5.74, 6) is 0.253. The van der Waals surface area contributed by atoms with E-state index < -0.39 is 0 Å². The number of amides is 1. The van der Waals surface area contributed by atoms with Crippen LogP contribution >= 0.6 is 0 Å². The molecule has 4 nitrogen and oxygen atoms in total. The lowest BCUT2D eigenvalue weighted by Crippen LogP contribution is -2.51. The molecule has 0 spiro atoms. The van der Waals surface area contributed by atoms with Gasteiger partial charge in [-0.2, -0.15) is 0 Å². The summed E-state index contributed by atoms with van der Waals surface area (Å²) in [4.78, 5) is 15.9. The Bertz CT molecular complexity index is 833. The summed E-state index contributed by atoms with van der Waals surface area (Å²) in [6.07, 6.45) is 6.88. The number of methoxy groups -OCH3 is 1. The zero-order valence-corrected chi connectivity index (χ0v) is 19.0. The van der Waals surface area contributed by atoms with E-state index in [0.29, 0.717) is 6.04 Å². The number of benzene rings is 2. The molecular weight excluding hydrogens is 384 g/mol. The standard InChI is InChI=1S/C27H36N2O2/c1-29-18-14-24(15-19-29)28-26(30)27(16-12-25(31-2)13-17-27)20-21-8-10-23(11-9-21)22-6-4-3-5-7-22/h3-11,24-25H,12-20H2,1-2H3,(H,28,30). The Kier molecular flexibility index (Phi) is 7.09. The Labute approximate surface area is 187 Å². The van der Waals surface area contributed by atoms with Gasteiger partial charge >= 0.3 is 0 Å². The van der Waals surface area contributed by atoms with Gasteiger partial charge in [-0.15, -0.1) is 0 Å². The normalized spacial score (nSPS) is 25.3. The number of carbonyl (C=O) groups is 1. The molecule has 0 atom stereocenters. The first-order chi connectivity index (χ1) is 15.1. The second-order valence-corrected chi connectivity index (χ2v) is 9.51. The molecule has 0 bridgehead atoms. The highest BCUT2D eigenvalue weighted by molar-refractivity contribution is 5.83. The van der Waals surface area contributed by atoms with E-state index in [1.807, 2.05) is 6.07 Å². The van der Waals surface area contributed by atoms with Crippen LogP contribution in [0.25, 0.3) is 11.1 Å². The first kappa shape index (κ1) is 22.0. The Morgan fingerprint density at radius 1 is 0.968 bits per heavy atom. The molecule has 166 valence electrons. The first-order valence-corrected chi connectivity index (χ1v) is 11.7. The van der Waals surface area contributed by atoms with Gasteiger partial charge in [-0.25, -0.2) is 0 Å². The summed E-state index contributed by atoms with van der Waals surface area (Å²) >= 11 is 0. The smallest absolute Gasteiger partial charge is 0.226 e. The summed E-state index contributed by atoms with van der Waals surface area (Å²) < 4.78 is 5.60. The molecule has 2 aliphatic rings. The minimum absolute atomic E-state index is 0.253. The Morgan fingerprint density at radius 3 is 2.19 bits per heavy atom. The molecule has 31 heavy (non-hydrogen) atoms. The molecule has 4 heteroatoms. The monoisotopic (exact) mass is 420 g/mol. The van der Waals surface area contributed by atoms with E-state index in [9.17, 15) is 4.79 Å². The van der Waals surface area contributed by atoms with E-state index in [1.54, 1.807) is 7.11 Å². The average molecular weight is 421 g/mol. The van der Waals surface area contributed by atoms with Crippen LogP contribution in [-0.4, -0.2) is 50.2 Å². The van der Waals surface area contributed by atoms with Crippen LogP contribution in [0.5, 0.6) is 0 Å². The number of nitrogens with zero attached hydrogens (tertiary/aromatic N) is 1. The van der Waals surface area contributed by atoms with Crippen LogP contribution in [0.1, 0.15) is 44.1 Å². The molecule has 2 aromatic carbocycles. The number of likely N-dealkylation sites (tertiary alicyclic amines) is 1. The largest absolute Gasteiger partial charge is 0.381 e. The van der Waals surface area contributed by atoms with Gasteiger partial charge in [0.2, 0.25) is 5.91 Å². The number of hydrogen-bond donors (Lipinski definition) is 1. The van der Waals surface area contributed by atoms with Crippen molar-refractivity contribution in [2.45, 2.75) is 57.1 Å². The fourth-order valence-corrected chi connectivity index (χ4v) is 5.19. The molecule has 0 aromatic heterocycles. The number of piperidine rings is 1. The van der Waals surface area contributed by atoms with Crippen molar-refractivity contribution in [3.8, 4) is 11.1 Å².